The second-order valence-corrected chi connectivity index (χ2v) is 4.63. The molecule has 2 atom stereocenters. The SMILES string of the molecule is CCC(C)C(=O)NCC(CO)Cc1ccccn1. The second kappa shape index (κ2) is 7.82. The number of rotatable bonds is 7. The molecule has 100 valence electrons. The van der Waals surface area contributed by atoms with Crippen LogP contribution in [0.5, 0.6) is 0 Å². The van der Waals surface area contributed by atoms with E-state index in [0.717, 1.165) is 12.1 Å². The second-order valence-electron chi connectivity index (χ2n) is 4.63. The van der Waals surface area contributed by atoms with Crippen LogP contribution in [0.1, 0.15) is 26.0 Å². The molecule has 0 aliphatic rings. The predicted molar refractivity (Wildman–Crippen MR) is 71.0 cm³/mol. The van der Waals surface area contributed by atoms with E-state index in [1.54, 1.807) is 6.20 Å². The summed E-state index contributed by atoms with van der Waals surface area (Å²) in [5, 5.41) is 12.2. The van der Waals surface area contributed by atoms with Crippen molar-refractivity contribution >= 4 is 5.91 Å². The number of aliphatic hydroxyl groups is 1. The van der Waals surface area contributed by atoms with Crippen molar-refractivity contribution in [1.29, 1.82) is 0 Å². The molecule has 0 aliphatic heterocycles. The van der Waals surface area contributed by atoms with Crippen LogP contribution < -0.4 is 5.32 Å². The highest BCUT2D eigenvalue weighted by atomic mass is 16.3. The molecule has 0 spiro atoms. The molecule has 2 N–H and O–H groups in total. The largest absolute Gasteiger partial charge is 0.396 e. The van der Waals surface area contributed by atoms with Gasteiger partial charge in [0.1, 0.15) is 0 Å². The molecule has 1 heterocycles. The number of hydrogen-bond donors (Lipinski definition) is 2. The first-order valence-corrected chi connectivity index (χ1v) is 6.45. The molecule has 1 aromatic heterocycles. The van der Waals surface area contributed by atoms with Crippen LogP contribution >= 0.6 is 0 Å². The summed E-state index contributed by atoms with van der Waals surface area (Å²) in [7, 11) is 0. The summed E-state index contributed by atoms with van der Waals surface area (Å²) in [5.74, 6) is 0.101. The van der Waals surface area contributed by atoms with Gasteiger partial charge in [0, 0.05) is 36.9 Å². The molecule has 4 heteroatoms. The van der Waals surface area contributed by atoms with E-state index in [2.05, 4.69) is 10.3 Å². The highest BCUT2D eigenvalue weighted by Gasteiger charge is 2.14. The number of aliphatic hydroxyl groups excluding tert-OH is 1. The van der Waals surface area contributed by atoms with Gasteiger partial charge < -0.3 is 10.4 Å². The average molecular weight is 250 g/mol. The maximum Gasteiger partial charge on any atom is 0.222 e. The minimum absolute atomic E-state index is 0.0212. The van der Waals surface area contributed by atoms with Crippen molar-refractivity contribution in [2.75, 3.05) is 13.2 Å². The Kier molecular flexibility index (Phi) is 6.36. The molecule has 2 unspecified atom stereocenters. The molecule has 0 radical (unpaired) electrons. The van der Waals surface area contributed by atoms with E-state index >= 15 is 0 Å². The molecule has 0 saturated heterocycles. The summed E-state index contributed by atoms with van der Waals surface area (Å²) in [6.07, 6.45) is 3.25. The number of carbonyl (C=O) groups is 1. The van der Waals surface area contributed by atoms with Crippen LogP contribution in [0.3, 0.4) is 0 Å². The molecule has 4 nitrogen and oxygen atoms in total. The van der Waals surface area contributed by atoms with Crippen LogP contribution in [0.15, 0.2) is 24.4 Å². The Bertz CT molecular complexity index is 354. The van der Waals surface area contributed by atoms with Gasteiger partial charge in [0.15, 0.2) is 0 Å². The first-order chi connectivity index (χ1) is 8.67. The van der Waals surface area contributed by atoms with Gasteiger partial charge in [-0.25, -0.2) is 0 Å². The van der Waals surface area contributed by atoms with Gasteiger partial charge in [-0.3, -0.25) is 9.78 Å². The molecular weight excluding hydrogens is 228 g/mol. The van der Waals surface area contributed by atoms with Crippen LogP contribution in [0.25, 0.3) is 0 Å². The van der Waals surface area contributed by atoms with Crippen molar-refractivity contribution in [1.82, 2.24) is 10.3 Å². The van der Waals surface area contributed by atoms with E-state index in [1.807, 2.05) is 32.0 Å². The third kappa shape index (κ3) is 4.84. The number of pyridine rings is 1. The van der Waals surface area contributed by atoms with E-state index < -0.39 is 0 Å². The van der Waals surface area contributed by atoms with Gasteiger partial charge in [0.2, 0.25) is 5.91 Å². The number of aromatic nitrogens is 1. The Morgan fingerprint density at radius 3 is 2.83 bits per heavy atom. The molecule has 1 amide bonds. The number of nitrogens with zero attached hydrogens (tertiary/aromatic N) is 1. The lowest BCUT2D eigenvalue weighted by Crippen LogP contribution is -2.35. The molecule has 0 saturated carbocycles. The lowest BCUT2D eigenvalue weighted by Gasteiger charge is -2.16. The number of carbonyl (C=O) groups excluding carboxylic acids is 1. The monoisotopic (exact) mass is 250 g/mol. The molecule has 1 rings (SSSR count). The minimum Gasteiger partial charge on any atom is -0.396 e. The first-order valence-electron chi connectivity index (χ1n) is 6.45. The van der Waals surface area contributed by atoms with Crippen molar-refractivity contribution in [2.45, 2.75) is 26.7 Å². The molecular formula is C14H22N2O2. The summed E-state index contributed by atoms with van der Waals surface area (Å²) in [4.78, 5) is 15.9. The van der Waals surface area contributed by atoms with Crippen molar-refractivity contribution in [3.05, 3.63) is 30.1 Å². The fourth-order valence-corrected chi connectivity index (χ4v) is 1.62. The van der Waals surface area contributed by atoms with Crippen molar-refractivity contribution in [3.63, 3.8) is 0 Å². The standard InChI is InChI=1S/C14H22N2O2/c1-3-11(2)14(18)16-9-12(10-17)8-13-6-4-5-7-15-13/h4-7,11-12,17H,3,8-10H2,1-2H3,(H,16,18). The Labute approximate surface area is 108 Å². The van der Waals surface area contributed by atoms with E-state index in [-0.39, 0.29) is 24.3 Å². The van der Waals surface area contributed by atoms with E-state index in [4.69, 9.17) is 0 Å². The van der Waals surface area contributed by atoms with Crippen LogP contribution in [0, 0.1) is 11.8 Å². The third-order valence-corrected chi connectivity index (χ3v) is 3.11. The lowest BCUT2D eigenvalue weighted by molar-refractivity contribution is -0.124. The van der Waals surface area contributed by atoms with Gasteiger partial charge in [-0.05, 0) is 25.0 Å². The van der Waals surface area contributed by atoms with Crippen LogP contribution in [0.2, 0.25) is 0 Å². The van der Waals surface area contributed by atoms with Gasteiger partial charge in [0.05, 0.1) is 0 Å². The van der Waals surface area contributed by atoms with Gasteiger partial charge in [-0.15, -0.1) is 0 Å². The Balaban J connectivity index is 2.41. The summed E-state index contributed by atoms with van der Waals surface area (Å²) >= 11 is 0. The normalized spacial score (nSPS) is 13.9. The highest BCUT2D eigenvalue weighted by Crippen LogP contribution is 2.06. The number of nitrogens with one attached hydrogen (secondary N) is 1. The number of amides is 1. The van der Waals surface area contributed by atoms with Gasteiger partial charge in [-0.2, -0.15) is 0 Å². The Morgan fingerprint density at radius 1 is 1.50 bits per heavy atom. The van der Waals surface area contributed by atoms with Crippen LogP contribution in [0.4, 0.5) is 0 Å². The Hall–Kier alpha value is -1.42. The smallest absolute Gasteiger partial charge is 0.222 e. The summed E-state index contributed by atoms with van der Waals surface area (Å²) in [5.41, 5.74) is 0.939. The first kappa shape index (κ1) is 14.6. The van der Waals surface area contributed by atoms with E-state index in [0.29, 0.717) is 13.0 Å². The zero-order chi connectivity index (χ0) is 13.4. The maximum atomic E-state index is 11.6. The van der Waals surface area contributed by atoms with E-state index in [1.165, 1.54) is 0 Å². The summed E-state index contributed by atoms with van der Waals surface area (Å²) < 4.78 is 0. The van der Waals surface area contributed by atoms with Crippen molar-refractivity contribution in [3.8, 4) is 0 Å². The quantitative estimate of drug-likeness (QED) is 0.769. The van der Waals surface area contributed by atoms with Crippen LogP contribution in [-0.2, 0) is 11.2 Å². The Morgan fingerprint density at radius 2 is 2.28 bits per heavy atom. The van der Waals surface area contributed by atoms with Gasteiger partial charge >= 0.3 is 0 Å². The van der Waals surface area contributed by atoms with Crippen molar-refractivity contribution in [2.24, 2.45) is 11.8 Å². The average Bonchev–Trinajstić information content (AvgIpc) is 2.43. The molecule has 18 heavy (non-hydrogen) atoms. The molecule has 0 bridgehead atoms. The summed E-state index contributed by atoms with van der Waals surface area (Å²) in [6.45, 7) is 4.44. The maximum absolute atomic E-state index is 11.6. The highest BCUT2D eigenvalue weighted by molar-refractivity contribution is 5.78. The zero-order valence-corrected chi connectivity index (χ0v) is 11.1. The lowest BCUT2D eigenvalue weighted by atomic mass is 10.0. The molecule has 0 fully saturated rings. The zero-order valence-electron chi connectivity index (χ0n) is 11.1. The third-order valence-electron chi connectivity index (χ3n) is 3.11. The number of hydrogen-bond acceptors (Lipinski definition) is 3. The van der Waals surface area contributed by atoms with Gasteiger partial charge in [0.25, 0.3) is 0 Å². The molecule has 0 aromatic carbocycles. The molecule has 0 aliphatic carbocycles. The van der Waals surface area contributed by atoms with Crippen LogP contribution in [-0.4, -0.2) is 29.1 Å². The minimum atomic E-state index is 0.0212. The fraction of sp³-hybridized carbons (Fsp3) is 0.571. The van der Waals surface area contributed by atoms with Crippen molar-refractivity contribution < 1.29 is 9.90 Å². The predicted octanol–water partition coefficient (Wildman–Crippen LogP) is 1.39. The fourth-order valence-electron chi connectivity index (χ4n) is 1.62. The molecule has 1 aromatic rings. The summed E-state index contributed by atoms with van der Waals surface area (Å²) in [6, 6.07) is 5.72. The van der Waals surface area contributed by atoms with Gasteiger partial charge in [-0.1, -0.05) is 19.9 Å². The topological polar surface area (TPSA) is 62.2 Å². The van der Waals surface area contributed by atoms with E-state index in [9.17, 15) is 9.90 Å².